The molecule has 0 saturated heterocycles. The average molecular weight is 363 g/mol. The summed E-state index contributed by atoms with van der Waals surface area (Å²) in [4.78, 5) is 25.7. The molecular formula is C15H11BrN2O2S. The van der Waals surface area contributed by atoms with Gasteiger partial charge in [0, 0.05) is 21.1 Å². The number of fused-ring (bicyclic) bond motifs is 1. The first-order valence-electron chi connectivity index (χ1n) is 6.26. The predicted molar refractivity (Wildman–Crippen MR) is 87.8 cm³/mol. The van der Waals surface area contributed by atoms with Gasteiger partial charge in [-0.2, -0.15) is 0 Å². The predicted octanol–water partition coefficient (Wildman–Crippen LogP) is 3.28. The van der Waals surface area contributed by atoms with Crippen molar-refractivity contribution in [1.82, 2.24) is 10.3 Å². The molecule has 2 N–H and O–H groups in total. The highest BCUT2D eigenvalue weighted by atomic mass is 79.9. The Kier molecular flexibility index (Phi) is 3.90. The van der Waals surface area contributed by atoms with Crippen LogP contribution in [-0.2, 0) is 6.54 Å². The molecule has 3 rings (SSSR count). The second-order valence-electron chi connectivity index (χ2n) is 4.56. The average Bonchev–Trinajstić information content (AvgIpc) is 2.90. The van der Waals surface area contributed by atoms with Crippen molar-refractivity contribution in [2.24, 2.45) is 0 Å². The summed E-state index contributed by atoms with van der Waals surface area (Å²) in [6, 6.07) is 11.5. The maximum Gasteiger partial charge on any atom is 0.304 e. The van der Waals surface area contributed by atoms with E-state index in [1.54, 1.807) is 11.4 Å². The maximum absolute atomic E-state index is 12.1. The summed E-state index contributed by atoms with van der Waals surface area (Å²) in [6.45, 7) is 0.315. The Morgan fingerprint density at radius 1 is 1.19 bits per heavy atom. The van der Waals surface area contributed by atoms with E-state index in [0.29, 0.717) is 17.8 Å². The largest absolute Gasteiger partial charge is 0.346 e. The lowest BCUT2D eigenvalue weighted by atomic mass is 10.1. The first-order chi connectivity index (χ1) is 10.1. The summed E-state index contributed by atoms with van der Waals surface area (Å²) < 4.78 is 1.01. The molecule has 0 unspecified atom stereocenters. The number of hydrogen-bond acceptors (Lipinski definition) is 3. The lowest BCUT2D eigenvalue weighted by Crippen LogP contribution is -2.23. The van der Waals surface area contributed by atoms with Crippen molar-refractivity contribution in [2.45, 2.75) is 6.54 Å². The molecule has 0 aliphatic heterocycles. The molecular weight excluding hydrogens is 352 g/mol. The van der Waals surface area contributed by atoms with Gasteiger partial charge in [-0.15, -0.1) is 0 Å². The first kappa shape index (κ1) is 14.0. The molecule has 0 fully saturated rings. The third-order valence-electron chi connectivity index (χ3n) is 3.07. The zero-order chi connectivity index (χ0) is 14.8. The molecule has 0 spiro atoms. The molecule has 2 aromatic carbocycles. The van der Waals surface area contributed by atoms with Crippen LogP contribution < -0.4 is 10.2 Å². The van der Waals surface area contributed by atoms with E-state index >= 15 is 0 Å². The van der Waals surface area contributed by atoms with E-state index in [1.807, 2.05) is 30.3 Å². The van der Waals surface area contributed by atoms with Crippen LogP contribution in [0.1, 0.15) is 16.1 Å². The molecule has 0 bridgehead atoms. The molecule has 106 valence electrons. The van der Waals surface area contributed by atoms with Crippen LogP contribution in [0.2, 0.25) is 0 Å². The molecule has 4 nitrogen and oxygen atoms in total. The summed E-state index contributed by atoms with van der Waals surface area (Å²) in [5.74, 6) is -0.160. The van der Waals surface area contributed by atoms with E-state index in [2.05, 4.69) is 26.2 Å². The van der Waals surface area contributed by atoms with Gasteiger partial charge in [0.05, 0.1) is 6.54 Å². The van der Waals surface area contributed by atoms with Gasteiger partial charge in [0.1, 0.15) is 0 Å². The standard InChI is InChI=1S/C15H11BrN2O2S/c16-12-4-3-9-5-11(2-1-10(9)6-12)14(19)17-7-13-8-21-15(20)18-13/h1-6,8H,7H2,(H,17,19)(H,18,20). The van der Waals surface area contributed by atoms with Gasteiger partial charge in [-0.3, -0.25) is 9.59 Å². The number of carbonyl (C=O) groups excluding carboxylic acids is 1. The highest BCUT2D eigenvalue weighted by Gasteiger charge is 2.07. The first-order valence-corrected chi connectivity index (χ1v) is 7.93. The molecule has 0 saturated carbocycles. The van der Waals surface area contributed by atoms with Gasteiger partial charge in [0.25, 0.3) is 5.91 Å². The number of hydrogen-bond donors (Lipinski definition) is 2. The summed E-state index contributed by atoms with van der Waals surface area (Å²) in [7, 11) is 0. The van der Waals surface area contributed by atoms with E-state index in [9.17, 15) is 9.59 Å². The summed E-state index contributed by atoms with van der Waals surface area (Å²) in [5, 5.41) is 6.58. The van der Waals surface area contributed by atoms with Crippen LogP contribution in [-0.4, -0.2) is 10.9 Å². The molecule has 21 heavy (non-hydrogen) atoms. The van der Waals surface area contributed by atoms with Crippen LogP contribution in [0.4, 0.5) is 0 Å². The van der Waals surface area contributed by atoms with Crippen molar-refractivity contribution >= 4 is 43.9 Å². The van der Waals surface area contributed by atoms with Crippen molar-refractivity contribution in [3.05, 3.63) is 67.2 Å². The fourth-order valence-electron chi connectivity index (χ4n) is 2.04. The molecule has 0 atom stereocenters. The van der Waals surface area contributed by atoms with Crippen molar-refractivity contribution in [2.75, 3.05) is 0 Å². The molecule has 1 amide bonds. The van der Waals surface area contributed by atoms with E-state index in [1.165, 1.54) is 0 Å². The number of aromatic amines is 1. The minimum Gasteiger partial charge on any atom is -0.346 e. The Balaban J connectivity index is 1.78. The van der Waals surface area contributed by atoms with Crippen LogP contribution in [0.3, 0.4) is 0 Å². The number of H-pyrrole nitrogens is 1. The highest BCUT2D eigenvalue weighted by molar-refractivity contribution is 9.10. The number of nitrogens with one attached hydrogen (secondary N) is 2. The lowest BCUT2D eigenvalue weighted by Gasteiger charge is -2.05. The van der Waals surface area contributed by atoms with Crippen LogP contribution in [0.5, 0.6) is 0 Å². The smallest absolute Gasteiger partial charge is 0.304 e. The SMILES string of the molecule is O=C(NCc1csc(=O)[nH]1)c1ccc2cc(Br)ccc2c1. The second kappa shape index (κ2) is 5.83. The van der Waals surface area contributed by atoms with Crippen LogP contribution in [0.15, 0.2) is 51.0 Å². The Hall–Kier alpha value is -1.92. The zero-order valence-corrected chi connectivity index (χ0v) is 13.3. The van der Waals surface area contributed by atoms with Gasteiger partial charge >= 0.3 is 4.87 Å². The number of benzene rings is 2. The van der Waals surface area contributed by atoms with Gasteiger partial charge in [-0.25, -0.2) is 0 Å². The zero-order valence-electron chi connectivity index (χ0n) is 10.9. The molecule has 6 heteroatoms. The Bertz CT molecular complexity index is 869. The fraction of sp³-hybridized carbons (Fsp3) is 0.0667. The van der Waals surface area contributed by atoms with Crippen molar-refractivity contribution in [1.29, 1.82) is 0 Å². The second-order valence-corrected chi connectivity index (χ2v) is 6.32. The van der Waals surface area contributed by atoms with E-state index < -0.39 is 0 Å². The van der Waals surface area contributed by atoms with Crippen molar-refractivity contribution in [3.8, 4) is 0 Å². The van der Waals surface area contributed by atoms with Gasteiger partial charge < -0.3 is 10.3 Å². The molecule has 0 aliphatic carbocycles. The number of rotatable bonds is 3. The van der Waals surface area contributed by atoms with Crippen LogP contribution >= 0.6 is 27.3 Å². The monoisotopic (exact) mass is 362 g/mol. The number of thiazole rings is 1. The third kappa shape index (κ3) is 3.22. The van der Waals surface area contributed by atoms with E-state index in [0.717, 1.165) is 26.6 Å². The molecule has 1 aromatic heterocycles. The number of aromatic nitrogens is 1. The quantitative estimate of drug-likeness (QED) is 0.750. The summed E-state index contributed by atoms with van der Waals surface area (Å²) in [6.07, 6.45) is 0. The summed E-state index contributed by atoms with van der Waals surface area (Å²) >= 11 is 4.51. The number of halogens is 1. The van der Waals surface area contributed by atoms with Gasteiger partial charge in [-0.05, 0) is 35.0 Å². The molecule has 3 aromatic rings. The number of carbonyl (C=O) groups is 1. The van der Waals surface area contributed by atoms with E-state index in [-0.39, 0.29) is 10.8 Å². The Morgan fingerprint density at radius 3 is 2.71 bits per heavy atom. The van der Waals surface area contributed by atoms with Crippen LogP contribution in [0, 0.1) is 0 Å². The lowest BCUT2D eigenvalue weighted by molar-refractivity contribution is 0.0950. The van der Waals surface area contributed by atoms with Gasteiger partial charge in [-0.1, -0.05) is 39.4 Å². The molecule has 1 heterocycles. The number of amides is 1. The normalized spacial score (nSPS) is 10.7. The minimum atomic E-state index is -0.160. The highest BCUT2D eigenvalue weighted by Crippen LogP contribution is 2.21. The summed E-state index contributed by atoms with van der Waals surface area (Å²) in [5.41, 5.74) is 1.31. The third-order valence-corrected chi connectivity index (χ3v) is 4.29. The van der Waals surface area contributed by atoms with E-state index in [4.69, 9.17) is 0 Å². The van der Waals surface area contributed by atoms with Gasteiger partial charge in [0.15, 0.2) is 0 Å². The van der Waals surface area contributed by atoms with Crippen molar-refractivity contribution in [3.63, 3.8) is 0 Å². The maximum atomic E-state index is 12.1. The fourth-order valence-corrected chi connectivity index (χ4v) is 3.00. The Morgan fingerprint density at radius 2 is 1.95 bits per heavy atom. The topological polar surface area (TPSA) is 62.0 Å². The minimum absolute atomic E-state index is 0.115. The van der Waals surface area contributed by atoms with Crippen molar-refractivity contribution < 1.29 is 4.79 Å². The molecule has 0 radical (unpaired) electrons. The Labute approximate surface area is 133 Å². The van der Waals surface area contributed by atoms with Gasteiger partial charge in [0.2, 0.25) is 0 Å². The van der Waals surface area contributed by atoms with Crippen LogP contribution in [0.25, 0.3) is 10.8 Å². The molecule has 0 aliphatic rings.